The highest BCUT2D eigenvalue weighted by Gasteiger charge is 2.30. The van der Waals surface area contributed by atoms with E-state index >= 15 is 0 Å². The van der Waals surface area contributed by atoms with Crippen molar-refractivity contribution in [1.82, 2.24) is 9.78 Å². The molecule has 1 aliphatic rings. The molecular formula is C13H22N2O. The molecule has 1 heterocycles. The maximum atomic E-state index is 10.2. The topological polar surface area (TPSA) is 38.0 Å². The number of aromatic nitrogens is 2. The Kier molecular flexibility index (Phi) is 2.82. The summed E-state index contributed by atoms with van der Waals surface area (Å²) in [7, 11) is 1.92. The van der Waals surface area contributed by atoms with Crippen molar-refractivity contribution in [2.24, 2.45) is 13.0 Å². The number of nitrogens with zero attached hydrogens (tertiary/aromatic N) is 2. The first-order chi connectivity index (χ1) is 7.38. The Bertz CT molecular complexity index is 372. The second-order valence-corrected chi connectivity index (χ2v) is 6.05. The average Bonchev–Trinajstić information content (AvgIpc) is 2.84. The van der Waals surface area contributed by atoms with Crippen molar-refractivity contribution in [2.75, 3.05) is 0 Å². The second-order valence-electron chi connectivity index (χ2n) is 6.05. The zero-order valence-corrected chi connectivity index (χ0v) is 10.7. The van der Waals surface area contributed by atoms with Crippen molar-refractivity contribution in [2.45, 2.75) is 51.6 Å². The molecule has 3 nitrogen and oxygen atoms in total. The molecule has 1 unspecified atom stereocenters. The molecule has 1 aromatic rings. The first kappa shape index (κ1) is 11.6. The fourth-order valence-corrected chi connectivity index (χ4v) is 2.13. The first-order valence-corrected chi connectivity index (χ1v) is 6.10. The summed E-state index contributed by atoms with van der Waals surface area (Å²) in [6, 6.07) is 0. The largest absolute Gasteiger partial charge is 0.388 e. The fourth-order valence-electron chi connectivity index (χ4n) is 2.13. The van der Waals surface area contributed by atoms with E-state index in [9.17, 15) is 5.11 Å². The minimum absolute atomic E-state index is 0.00112. The lowest BCUT2D eigenvalue weighted by Crippen LogP contribution is -2.16. The van der Waals surface area contributed by atoms with E-state index in [1.807, 2.05) is 17.9 Å². The van der Waals surface area contributed by atoms with Gasteiger partial charge in [0.15, 0.2) is 0 Å². The summed E-state index contributed by atoms with van der Waals surface area (Å²) in [5, 5.41) is 14.7. The van der Waals surface area contributed by atoms with Crippen LogP contribution in [0.1, 0.15) is 57.4 Å². The molecule has 16 heavy (non-hydrogen) atoms. The molecule has 0 radical (unpaired) electrons. The van der Waals surface area contributed by atoms with Crippen LogP contribution in [0.2, 0.25) is 0 Å². The van der Waals surface area contributed by atoms with Crippen LogP contribution >= 0.6 is 0 Å². The van der Waals surface area contributed by atoms with Crippen LogP contribution in [0.25, 0.3) is 0 Å². The smallest absolute Gasteiger partial charge is 0.0826 e. The van der Waals surface area contributed by atoms with Gasteiger partial charge in [0.1, 0.15) is 0 Å². The van der Waals surface area contributed by atoms with E-state index in [1.165, 1.54) is 12.8 Å². The van der Waals surface area contributed by atoms with Gasteiger partial charge in [0.2, 0.25) is 0 Å². The van der Waals surface area contributed by atoms with E-state index in [2.05, 4.69) is 25.9 Å². The van der Waals surface area contributed by atoms with Crippen LogP contribution in [0.3, 0.4) is 0 Å². The van der Waals surface area contributed by atoms with Gasteiger partial charge in [0.05, 0.1) is 11.8 Å². The first-order valence-electron chi connectivity index (χ1n) is 6.10. The SMILES string of the molecule is Cn1cc(C(O)CC2CC2)c(C(C)(C)C)n1. The van der Waals surface area contributed by atoms with Gasteiger partial charge in [-0.05, 0) is 12.3 Å². The molecule has 0 amide bonds. The number of rotatable bonds is 3. The zero-order chi connectivity index (χ0) is 11.9. The summed E-state index contributed by atoms with van der Waals surface area (Å²) in [6.07, 6.45) is 5.09. The van der Waals surface area contributed by atoms with Crippen LogP contribution in [-0.4, -0.2) is 14.9 Å². The van der Waals surface area contributed by atoms with E-state index in [0.29, 0.717) is 0 Å². The highest BCUT2D eigenvalue weighted by atomic mass is 16.3. The third-order valence-electron chi connectivity index (χ3n) is 3.18. The van der Waals surface area contributed by atoms with Crippen molar-refractivity contribution in [3.8, 4) is 0 Å². The Hall–Kier alpha value is -0.830. The molecule has 0 saturated heterocycles. The summed E-state index contributed by atoms with van der Waals surface area (Å²) in [5.41, 5.74) is 2.05. The third-order valence-corrected chi connectivity index (χ3v) is 3.18. The molecule has 0 bridgehead atoms. The molecule has 2 rings (SSSR count). The van der Waals surface area contributed by atoms with Crippen LogP contribution in [0.5, 0.6) is 0 Å². The van der Waals surface area contributed by atoms with Gasteiger partial charge in [-0.3, -0.25) is 4.68 Å². The minimum Gasteiger partial charge on any atom is -0.388 e. The summed E-state index contributed by atoms with van der Waals surface area (Å²) < 4.78 is 1.81. The van der Waals surface area contributed by atoms with Gasteiger partial charge in [-0.25, -0.2) is 0 Å². The standard InChI is InChI=1S/C13H22N2O/c1-13(2,3)12-10(8-15(4)14-12)11(16)7-9-5-6-9/h8-9,11,16H,5-7H2,1-4H3. The molecule has 1 aliphatic carbocycles. The van der Waals surface area contributed by atoms with Crippen molar-refractivity contribution < 1.29 is 5.11 Å². The molecule has 0 aliphatic heterocycles. The average molecular weight is 222 g/mol. The number of hydrogen-bond acceptors (Lipinski definition) is 2. The van der Waals surface area contributed by atoms with Crippen LogP contribution in [0.4, 0.5) is 0 Å². The highest BCUT2D eigenvalue weighted by molar-refractivity contribution is 5.26. The van der Waals surface area contributed by atoms with Gasteiger partial charge in [-0.15, -0.1) is 0 Å². The normalized spacial score (nSPS) is 18.8. The van der Waals surface area contributed by atoms with Gasteiger partial charge in [0, 0.05) is 24.2 Å². The van der Waals surface area contributed by atoms with Gasteiger partial charge in [0.25, 0.3) is 0 Å². The molecule has 1 aromatic heterocycles. The second kappa shape index (κ2) is 3.88. The zero-order valence-electron chi connectivity index (χ0n) is 10.7. The summed E-state index contributed by atoms with van der Waals surface area (Å²) in [6.45, 7) is 6.42. The van der Waals surface area contributed by atoms with Crippen molar-refractivity contribution >= 4 is 0 Å². The number of aliphatic hydroxyl groups excluding tert-OH is 1. The van der Waals surface area contributed by atoms with Gasteiger partial charge >= 0.3 is 0 Å². The Labute approximate surface area is 97.5 Å². The molecule has 0 spiro atoms. The van der Waals surface area contributed by atoms with E-state index in [-0.39, 0.29) is 11.5 Å². The number of aliphatic hydroxyl groups is 1. The molecule has 1 saturated carbocycles. The van der Waals surface area contributed by atoms with Crippen LogP contribution in [0, 0.1) is 5.92 Å². The van der Waals surface area contributed by atoms with Crippen LogP contribution < -0.4 is 0 Å². The lowest BCUT2D eigenvalue weighted by atomic mass is 9.87. The Balaban J connectivity index is 2.23. The maximum Gasteiger partial charge on any atom is 0.0826 e. The molecule has 90 valence electrons. The molecule has 1 atom stereocenters. The Morgan fingerprint density at radius 1 is 1.50 bits per heavy atom. The highest BCUT2D eigenvalue weighted by Crippen LogP contribution is 2.39. The Morgan fingerprint density at radius 2 is 2.12 bits per heavy atom. The third kappa shape index (κ3) is 2.46. The maximum absolute atomic E-state index is 10.2. The number of aryl methyl sites for hydroxylation is 1. The van der Waals surface area contributed by atoms with Crippen molar-refractivity contribution in [1.29, 1.82) is 0 Å². The summed E-state index contributed by atoms with van der Waals surface area (Å²) in [4.78, 5) is 0. The van der Waals surface area contributed by atoms with E-state index in [4.69, 9.17) is 0 Å². The van der Waals surface area contributed by atoms with Crippen molar-refractivity contribution in [3.05, 3.63) is 17.5 Å². The number of hydrogen-bond donors (Lipinski definition) is 1. The van der Waals surface area contributed by atoms with E-state index in [1.54, 1.807) is 0 Å². The fraction of sp³-hybridized carbons (Fsp3) is 0.769. The quantitative estimate of drug-likeness (QED) is 0.853. The minimum atomic E-state index is -0.338. The molecule has 1 fully saturated rings. The molecule has 1 N–H and O–H groups in total. The summed E-state index contributed by atoms with van der Waals surface area (Å²) >= 11 is 0. The van der Waals surface area contributed by atoms with E-state index in [0.717, 1.165) is 23.6 Å². The Morgan fingerprint density at radius 3 is 2.62 bits per heavy atom. The summed E-state index contributed by atoms with van der Waals surface area (Å²) in [5.74, 6) is 0.739. The van der Waals surface area contributed by atoms with E-state index < -0.39 is 0 Å². The molecule has 3 heteroatoms. The molecule has 0 aromatic carbocycles. The van der Waals surface area contributed by atoms with Crippen LogP contribution in [-0.2, 0) is 12.5 Å². The lowest BCUT2D eigenvalue weighted by molar-refractivity contribution is 0.158. The van der Waals surface area contributed by atoms with Crippen LogP contribution in [0.15, 0.2) is 6.20 Å². The van der Waals surface area contributed by atoms with Gasteiger partial charge < -0.3 is 5.11 Å². The predicted molar refractivity (Wildman–Crippen MR) is 64.2 cm³/mol. The predicted octanol–water partition coefficient (Wildman–Crippen LogP) is 2.55. The van der Waals surface area contributed by atoms with Crippen molar-refractivity contribution in [3.63, 3.8) is 0 Å². The van der Waals surface area contributed by atoms with Gasteiger partial charge in [-0.2, -0.15) is 5.10 Å². The van der Waals surface area contributed by atoms with Gasteiger partial charge in [-0.1, -0.05) is 33.6 Å². The molecular weight excluding hydrogens is 200 g/mol. The lowest BCUT2D eigenvalue weighted by Gasteiger charge is -2.19. The monoisotopic (exact) mass is 222 g/mol.